The fraction of sp³-hybridized carbons (Fsp3) is 0.182. The molecule has 1 aromatic heterocycles. The highest BCUT2D eigenvalue weighted by atomic mass is 16.5. The summed E-state index contributed by atoms with van der Waals surface area (Å²) >= 11 is 0. The van der Waals surface area contributed by atoms with Crippen LogP contribution in [0.5, 0.6) is 0 Å². The molecule has 1 rings (SSSR count). The van der Waals surface area contributed by atoms with Crippen LogP contribution in [0, 0.1) is 0 Å². The largest absolute Gasteiger partial charge is 0.462 e. The number of hydrogen-bond donors (Lipinski definition) is 0. The molecule has 0 spiro atoms. The Morgan fingerprint density at radius 2 is 2.40 bits per heavy atom. The average molecular weight is 204 g/mol. The van der Waals surface area contributed by atoms with Gasteiger partial charge >= 0.3 is 5.97 Å². The monoisotopic (exact) mass is 204 g/mol. The first-order valence-corrected chi connectivity index (χ1v) is 4.46. The summed E-state index contributed by atoms with van der Waals surface area (Å²) in [6.45, 7) is 1.89. The zero-order valence-electron chi connectivity index (χ0n) is 8.27. The lowest BCUT2D eigenvalue weighted by Gasteiger charge is -1.99. The van der Waals surface area contributed by atoms with Crippen LogP contribution >= 0.6 is 0 Å². The average Bonchev–Trinajstić information content (AvgIpc) is 2.27. The van der Waals surface area contributed by atoms with Crippen molar-refractivity contribution in [1.82, 2.24) is 4.98 Å². The number of hydrogen-bond acceptors (Lipinski definition) is 4. The molecule has 0 bridgehead atoms. The van der Waals surface area contributed by atoms with Crippen molar-refractivity contribution in [3.05, 3.63) is 35.7 Å². The lowest BCUT2D eigenvalue weighted by atomic mass is 10.2. The molecule has 1 heterocycles. The topological polar surface area (TPSA) is 56.3 Å². The van der Waals surface area contributed by atoms with Gasteiger partial charge in [0.15, 0.2) is 0 Å². The van der Waals surface area contributed by atoms with E-state index in [1.54, 1.807) is 31.3 Å². The van der Waals surface area contributed by atoms with E-state index in [0.717, 1.165) is 0 Å². The molecule has 0 unspecified atom stereocenters. The number of aromatic nitrogens is 1. The summed E-state index contributed by atoms with van der Waals surface area (Å²) in [6.07, 6.45) is 4.44. The molecule has 0 aliphatic heterocycles. The molecule has 4 nitrogen and oxygen atoms in total. The molecule has 0 saturated heterocycles. The zero-order chi connectivity index (χ0) is 11.1. The maximum atomic E-state index is 11.2. The number of rotatable bonds is 4. The van der Waals surface area contributed by atoms with Gasteiger partial charge in [-0.05, 0) is 25.1 Å². The summed E-state index contributed by atoms with van der Waals surface area (Å²) in [6, 6.07) is 5.18. The van der Waals surface area contributed by atoms with Gasteiger partial charge in [-0.1, -0.05) is 6.07 Å². The van der Waals surface area contributed by atoms with E-state index in [9.17, 15) is 9.59 Å². The fourth-order valence-corrected chi connectivity index (χ4v) is 0.948. The Kier molecular flexibility index (Phi) is 4.22. The Morgan fingerprint density at radius 1 is 1.60 bits per heavy atom. The van der Waals surface area contributed by atoms with Crippen LogP contribution in [-0.2, 0) is 14.3 Å². The Balaban J connectivity index is 2.87. The van der Waals surface area contributed by atoms with Gasteiger partial charge in [0.1, 0.15) is 5.57 Å². The van der Waals surface area contributed by atoms with E-state index in [-0.39, 0.29) is 12.2 Å². The molecule has 0 fully saturated rings. The van der Waals surface area contributed by atoms with Gasteiger partial charge in [0.25, 0.3) is 0 Å². The summed E-state index contributed by atoms with van der Waals surface area (Å²) < 4.78 is 4.67. The predicted molar refractivity (Wildman–Crippen MR) is 54.5 cm³/mol. The lowest BCUT2D eigenvalue weighted by molar-refractivity contribution is -0.137. The minimum atomic E-state index is -0.682. The van der Waals surface area contributed by atoms with Gasteiger partial charge in [-0.25, -0.2) is 4.79 Å². The smallest absolute Gasteiger partial charge is 0.342 e. The van der Waals surface area contributed by atoms with Crippen LogP contribution in [0.3, 0.4) is 0 Å². The molecule has 0 amide bonds. The van der Waals surface area contributed by atoms with Crippen LogP contribution in [0.1, 0.15) is 12.6 Å². The van der Waals surface area contributed by atoms with Gasteiger partial charge in [0, 0.05) is 6.20 Å². The van der Waals surface area contributed by atoms with Crippen molar-refractivity contribution in [2.75, 3.05) is 6.61 Å². The maximum Gasteiger partial charge on any atom is 0.342 e. The molecular formula is C11H10NO3. The van der Waals surface area contributed by atoms with E-state index in [4.69, 9.17) is 0 Å². The second-order valence-electron chi connectivity index (χ2n) is 2.64. The van der Waals surface area contributed by atoms with E-state index < -0.39 is 5.97 Å². The highest BCUT2D eigenvalue weighted by Gasteiger charge is 2.10. The summed E-state index contributed by atoms with van der Waals surface area (Å²) in [7, 11) is 0. The van der Waals surface area contributed by atoms with Gasteiger partial charge in [-0.15, -0.1) is 0 Å². The van der Waals surface area contributed by atoms with E-state index in [1.165, 1.54) is 12.4 Å². The number of nitrogens with zero attached hydrogens (tertiary/aromatic N) is 1. The minimum absolute atomic E-state index is 0.157. The number of ether oxygens (including phenoxy) is 1. The van der Waals surface area contributed by atoms with Gasteiger partial charge in [0.2, 0.25) is 6.29 Å². The van der Waals surface area contributed by atoms with Crippen molar-refractivity contribution in [2.24, 2.45) is 0 Å². The molecule has 77 valence electrons. The quantitative estimate of drug-likeness (QED) is 0.319. The van der Waals surface area contributed by atoms with Crippen LogP contribution in [0.2, 0.25) is 0 Å². The summed E-state index contributed by atoms with van der Waals surface area (Å²) in [5.41, 5.74) is 0.361. The van der Waals surface area contributed by atoms with Crippen LogP contribution in [0.25, 0.3) is 6.08 Å². The number of carbonyl (C=O) groups is 1. The Hall–Kier alpha value is -1.97. The molecule has 0 atom stereocenters. The van der Waals surface area contributed by atoms with Crippen LogP contribution < -0.4 is 0 Å². The fourth-order valence-electron chi connectivity index (χ4n) is 0.948. The predicted octanol–water partition coefficient (Wildman–Crippen LogP) is 1.14. The SMILES string of the molecule is CCOC(=O)/C([C]=O)=C/c1ccccn1. The molecule has 0 aromatic carbocycles. The second kappa shape index (κ2) is 5.70. The van der Waals surface area contributed by atoms with Crippen molar-refractivity contribution in [3.63, 3.8) is 0 Å². The molecular weight excluding hydrogens is 194 g/mol. The highest BCUT2D eigenvalue weighted by molar-refractivity contribution is 6.11. The van der Waals surface area contributed by atoms with Crippen molar-refractivity contribution < 1.29 is 14.3 Å². The molecule has 0 N–H and O–H groups in total. The molecule has 0 saturated carbocycles. The highest BCUT2D eigenvalue weighted by Crippen LogP contribution is 2.03. The van der Waals surface area contributed by atoms with E-state index >= 15 is 0 Å². The summed E-state index contributed by atoms with van der Waals surface area (Å²) in [5, 5.41) is 0. The van der Waals surface area contributed by atoms with Gasteiger partial charge < -0.3 is 4.74 Å². The number of pyridine rings is 1. The van der Waals surface area contributed by atoms with E-state index in [0.29, 0.717) is 5.69 Å². The van der Waals surface area contributed by atoms with Crippen molar-refractivity contribution in [3.8, 4) is 0 Å². The third-order valence-corrected chi connectivity index (χ3v) is 1.59. The minimum Gasteiger partial charge on any atom is -0.462 e. The Labute approximate surface area is 87.6 Å². The number of esters is 1. The van der Waals surface area contributed by atoms with Crippen molar-refractivity contribution in [1.29, 1.82) is 0 Å². The van der Waals surface area contributed by atoms with Crippen LogP contribution in [0.4, 0.5) is 0 Å². The first-order valence-electron chi connectivity index (χ1n) is 4.46. The third kappa shape index (κ3) is 3.34. The van der Waals surface area contributed by atoms with Crippen LogP contribution in [-0.4, -0.2) is 23.8 Å². The van der Waals surface area contributed by atoms with Gasteiger partial charge in [-0.3, -0.25) is 9.78 Å². The van der Waals surface area contributed by atoms with Gasteiger partial charge in [0.05, 0.1) is 12.3 Å². The normalized spacial score (nSPS) is 10.9. The van der Waals surface area contributed by atoms with Crippen LogP contribution in [0.15, 0.2) is 30.0 Å². The van der Waals surface area contributed by atoms with E-state index in [1.807, 2.05) is 0 Å². The molecule has 15 heavy (non-hydrogen) atoms. The Bertz CT molecular complexity index is 371. The second-order valence-corrected chi connectivity index (χ2v) is 2.64. The first-order chi connectivity index (χ1) is 7.27. The molecule has 4 heteroatoms. The Morgan fingerprint density at radius 3 is 2.93 bits per heavy atom. The molecule has 0 aliphatic carbocycles. The molecule has 0 aliphatic rings. The summed E-state index contributed by atoms with van der Waals surface area (Å²) in [4.78, 5) is 25.6. The molecule has 1 aromatic rings. The number of carbonyl (C=O) groups excluding carboxylic acids is 2. The first kappa shape index (κ1) is 11.1. The van der Waals surface area contributed by atoms with E-state index in [2.05, 4.69) is 9.72 Å². The van der Waals surface area contributed by atoms with Gasteiger partial charge in [-0.2, -0.15) is 0 Å². The van der Waals surface area contributed by atoms with Crippen molar-refractivity contribution >= 4 is 18.3 Å². The third-order valence-electron chi connectivity index (χ3n) is 1.59. The lowest BCUT2D eigenvalue weighted by Crippen LogP contribution is -2.08. The maximum absolute atomic E-state index is 11.2. The zero-order valence-corrected chi connectivity index (χ0v) is 8.27. The van der Waals surface area contributed by atoms with Crippen molar-refractivity contribution in [2.45, 2.75) is 6.92 Å². The standard InChI is InChI=1S/C11H10NO3/c1-2-15-11(14)9(8-13)7-10-5-3-4-6-12-10/h3-7H,2H2,1H3/b9-7+. The molecule has 1 radical (unpaired) electrons. The summed E-state index contributed by atoms with van der Waals surface area (Å²) in [5.74, 6) is -0.682.